The Hall–Kier alpha value is -0.880. The average molecular weight is 1270 g/mol. The molecule has 3 fully saturated rings. The molecule has 6 nitrogen and oxygen atoms in total. The summed E-state index contributed by atoms with van der Waals surface area (Å²) in [6.07, 6.45) is 20.4. The van der Waals surface area contributed by atoms with Crippen LogP contribution < -0.4 is 0 Å². The van der Waals surface area contributed by atoms with Gasteiger partial charge in [-0.15, -0.1) is 6.58 Å². The zero-order chi connectivity index (χ0) is 59.0. The number of hydrogen-bond acceptors (Lipinski definition) is 11. The summed E-state index contributed by atoms with van der Waals surface area (Å²) in [6.45, 7) is 30.2. The van der Waals surface area contributed by atoms with Gasteiger partial charge in [-0.05, 0) is 164 Å². The third-order valence-electron chi connectivity index (χ3n) is 15.4. The molecule has 0 spiro atoms. The van der Waals surface area contributed by atoms with Gasteiger partial charge >= 0.3 is 0 Å². The molecular weight excluding hydrogens is 1170 g/mol. The summed E-state index contributed by atoms with van der Waals surface area (Å²) < 4.78 is 35.7. The predicted molar refractivity (Wildman–Crippen MR) is 369 cm³/mol. The molecule has 0 amide bonds. The van der Waals surface area contributed by atoms with Gasteiger partial charge in [0.05, 0.1) is 39.6 Å². The zero-order valence-electron chi connectivity index (χ0n) is 50.5. The molecule has 0 saturated carbocycles. The zero-order valence-corrected chi connectivity index (χ0v) is 58.2. The van der Waals surface area contributed by atoms with Crippen molar-refractivity contribution in [1.82, 2.24) is 0 Å². The van der Waals surface area contributed by atoms with Crippen LogP contribution in [0.5, 0.6) is 0 Å². The molecule has 7 atom stereocenters. The third kappa shape index (κ3) is 27.0. The van der Waals surface area contributed by atoms with E-state index in [2.05, 4.69) is 228 Å². The highest BCUT2D eigenvalue weighted by molar-refractivity contribution is 8.68. The summed E-state index contributed by atoms with van der Waals surface area (Å²) in [5.41, 5.74) is -1.07. The molecule has 0 aromatic heterocycles. The number of aryl methyl sites for hydroxylation is 1. The van der Waals surface area contributed by atoms with Crippen LogP contribution in [0.3, 0.4) is 0 Å². The minimum absolute atomic E-state index is 0.00985. The molecule has 450 valence electrons. The SMILES string of the molecule is C=CC(CC/C=C/CC(CC)c1ccccc1)CC(C)c1ccccc1.CC1(C)COP(=S)(S)OC1.CCC(CCC(CCC(CCc1ccccc1)C(C)SP1(=S)OCC(C)(C)CO1)SP1(=S)OCC(C)(C)CO1)c1ccccc1. The van der Waals surface area contributed by atoms with Crippen molar-refractivity contribution in [1.29, 1.82) is 0 Å². The summed E-state index contributed by atoms with van der Waals surface area (Å²) >= 11 is 24.7. The van der Waals surface area contributed by atoms with Gasteiger partial charge in [0.15, 0.2) is 0 Å². The van der Waals surface area contributed by atoms with Crippen LogP contribution in [0.25, 0.3) is 0 Å². The summed E-state index contributed by atoms with van der Waals surface area (Å²) in [4.78, 5) is 0. The number of thiol groups is 1. The second-order valence-corrected chi connectivity index (χ2v) is 43.2. The van der Waals surface area contributed by atoms with E-state index in [0.29, 0.717) is 79.7 Å². The van der Waals surface area contributed by atoms with Crippen LogP contribution in [0, 0.1) is 28.1 Å². The van der Waals surface area contributed by atoms with Crippen LogP contribution in [0.2, 0.25) is 0 Å². The highest BCUT2D eigenvalue weighted by Gasteiger charge is 2.39. The topological polar surface area (TPSA) is 55.4 Å². The lowest BCUT2D eigenvalue weighted by molar-refractivity contribution is 0.0671. The first-order valence-corrected chi connectivity index (χ1v) is 41.7. The van der Waals surface area contributed by atoms with Gasteiger partial charge in [0.2, 0.25) is 17.1 Å². The lowest BCUT2D eigenvalue weighted by Gasteiger charge is -2.38. The molecule has 0 N–H and O–H groups in total. The molecule has 4 aromatic rings. The van der Waals surface area contributed by atoms with Crippen molar-refractivity contribution in [3.8, 4) is 0 Å². The maximum atomic E-state index is 6.34. The number of hydrogen-bond donors (Lipinski definition) is 1. The number of benzene rings is 4. The first kappa shape index (κ1) is 70.9. The molecule has 7 unspecified atom stereocenters. The van der Waals surface area contributed by atoms with Crippen molar-refractivity contribution in [3.05, 3.63) is 168 Å². The Balaban J connectivity index is 0.000000278. The van der Waals surface area contributed by atoms with E-state index in [0.717, 1.165) is 57.8 Å². The van der Waals surface area contributed by atoms with Gasteiger partial charge in [-0.25, -0.2) is 0 Å². The summed E-state index contributed by atoms with van der Waals surface area (Å²) in [6, 6.07) is 43.5. The maximum absolute atomic E-state index is 6.34. The van der Waals surface area contributed by atoms with E-state index in [-0.39, 0.29) is 16.2 Å². The number of rotatable bonds is 27. The largest absolute Gasteiger partial charge is 0.321 e. The van der Waals surface area contributed by atoms with Crippen LogP contribution in [-0.4, -0.2) is 50.1 Å². The van der Waals surface area contributed by atoms with Gasteiger partial charge in [-0.1, -0.05) is 244 Å². The summed E-state index contributed by atoms with van der Waals surface area (Å²) in [7, 11) is 0. The Bertz CT molecular complexity index is 2550. The molecule has 7 rings (SSSR count). The van der Waals surface area contributed by atoms with Gasteiger partial charge in [0, 0.05) is 26.7 Å². The average Bonchev–Trinajstić information content (AvgIpc) is 3.46. The van der Waals surface area contributed by atoms with Crippen molar-refractivity contribution in [2.24, 2.45) is 28.1 Å². The molecule has 3 aliphatic heterocycles. The minimum Gasteiger partial charge on any atom is -0.321 e. The van der Waals surface area contributed by atoms with E-state index in [1.807, 2.05) is 11.4 Å². The Labute approximate surface area is 521 Å². The Morgan fingerprint density at radius 3 is 1.44 bits per heavy atom. The van der Waals surface area contributed by atoms with E-state index in [1.54, 1.807) is 11.4 Å². The van der Waals surface area contributed by atoms with Crippen LogP contribution in [-0.2, 0) is 69.0 Å². The highest BCUT2D eigenvalue weighted by Crippen LogP contribution is 2.68. The quantitative estimate of drug-likeness (QED) is 0.0353. The smallest absolute Gasteiger partial charge is 0.247 e. The molecule has 81 heavy (non-hydrogen) atoms. The van der Waals surface area contributed by atoms with E-state index in [1.165, 1.54) is 41.5 Å². The first-order chi connectivity index (χ1) is 38.4. The minimum atomic E-state index is -2.40. The fourth-order valence-corrected chi connectivity index (χ4v) is 23.7. The second-order valence-electron chi connectivity index (χ2n) is 24.8. The van der Waals surface area contributed by atoms with E-state index < -0.39 is 17.1 Å². The van der Waals surface area contributed by atoms with Crippen molar-refractivity contribution in [3.63, 3.8) is 0 Å². The second kappa shape index (κ2) is 35.2. The molecule has 3 saturated heterocycles. The van der Waals surface area contributed by atoms with E-state index in [4.69, 9.17) is 62.6 Å². The molecule has 3 aliphatic rings. The van der Waals surface area contributed by atoms with Gasteiger partial charge in [-0.3, -0.25) is 0 Å². The maximum Gasteiger partial charge on any atom is 0.247 e. The lowest BCUT2D eigenvalue weighted by atomic mass is 9.87. The van der Waals surface area contributed by atoms with Gasteiger partial charge < -0.3 is 27.1 Å². The molecule has 15 heteroatoms. The van der Waals surface area contributed by atoms with Crippen molar-refractivity contribution >= 4 is 87.5 Å². The van der Waals surface area contributed by atoms with Crippen LogP contribution in [0.1, 0.15) is 180 Å². The Morgan fingerprint density at radius 2 is 0.975 bits per heavy atom. The normalized spacial score (nSPS) is 21.3. The van der Waals surface area contributed by atoms with Crippen LogP contribution >= 0.6 is 52.1 Å². The molecular formula is C66H99O6P3S6. The fourth-order valence-electron chi connectivity index (χ4n) is 9.99. The molecule has 3 heterocycles. The first-order valence-electron chi connectivity index (χ1n) is 29.7. The van der Waals surface area contributed by atoms with Gasteiger partial charge in [0.1, 0.15) is 0 Å². The molecule has 4 aromatic carbocycles. The molecule has 0 aliphatic carbocycles. The van der Waals surface area contributed by atoms with Crippen molar-refractivity contribution < 1.29 is 27.1 Å². The van der Waals surface area contributed by atoms with E-state index >= 15 is 0 Å². The lowest BCUT2D eigenvalue weighted by Crippen LogP contribution is -2.29. The van der Waals surface area contributed by atoms with Gasteiger partial charge in [-0.2, -0.15) is 0 Å². The van der Waals surface area contributed by atoms with Crippen molar-refractivity contribution in [2.75, 3.05) is 39.6 Å². The van der Waals surface area contributed by atoms with Gasteiger partial charge in [0.25, 0.3) is 0 Å². The highest BCUT2D eigenvalue weighted by atomic mass is 32.9. The number of allylic oxidation sites excluding steroid dienone is 3. The predicted octanol–water partition coefficient (Wildman–Crippen LogP) is 21.9. The monoisotopic (exact) mass is 1270 g/mol. The Kier molecular flexibility index (Phi) is 30.8. The van der Waals surface area contributed by atoms with Crippen LogP contribution in [0.15, 0.2) is 146 Å². The summed E-state index contributed by atoms with van der Waals surface area (Å²) in [5.74, 6) is 2.83. The molecule has 0 bridgehead atoms. The summed E-state index contributed by atoms with van der Waals surface area (Å²) in [5, 5.41) is 0.704. The Morgan fingerprint density at radius 1 is 0.543 bits per heavy atom. The van der Waals surface area contributed by atoms with E-state index in [9.17, 15) is 0 Å². The standard InChI is InChI=1S/C35H54O4P2S4.C26H34.C5H11O2PS2/c1-7-30(32-16-12-9-13-17-32)20-22-33(45-41(43)38-26-35(5,6)27-39-41)23-21-31(19-18-29-14-10-8-11-15-29)28(2)44-40(42)36-24-34(3,4)25-37-40;1-4-23(21-22(3)25-17-11-7-12-18-25)15-9-6-10-16-24(5-2)26-19-13-8-14-20-26;1-5(2)3-6-8(9,10)7-4-5/h8-17,28,30-31,33H,7,18-27H2,1-6H3;4,6-8,10-14,17-20,22-24H,1,5,9,15-16,21H2,2-3H3;3-4H2,1-2H3,(H,9,10)/b;10-6+;. The third-order valence-corrected chi connectivity index (χ3v) is 29.0. The van der Waals surface area contributed by atoms with Crippen LogP contribution in [0.4, 0.5) is 0 Å². The van der Waals surface area contributed by atoms with Crippen molar-refractivity contribution in [2.45, 2.75) is 175 Å². The molecule has 0 radical (unpaired) electrons. The fraction of sp³-hybridized carbons (Fsp3) is 0.576.